The molecule has 1 amide bonds. The van der Waals surface area contributed by atoms with Crippen LogP contribution in [0.3, 0.4) is 0 Å². The van der Waals surface area contributed by atoms with Crippen LogP contribution in [0.1, 0.15) is 122 Å². The van der Waals surface area contributed by atoms with Gasteiger partial charge in [0.25, 0.3) is 0 Å². The van der Waals surface area contributed by atoms with Crippen LogP contribution in [0, 0.1) is 0 Å². The third kappa shape index (κ3) is 19.6. The Morgan fingerprint density at radius 1 is 0.886 bits per heavy atom. The van der Waals surface area contributed by atoms with Gasteiger partial charge in [0.15, 0.2) is 12.7 Å². The summed E-state index contributed by atoms with van der Waals surface area (Å²) in [5.74, 6) is 0.567. The molecule has 250 valence electrons. The van der Waals surface area contributed by atoms with Crippen molar-refractivity contribution in [3.8, 4) is 5.75 Å². The summed E-state index contributed by atoms with van der Waals surface area (Å²) >= 11 is 1.61. The van der Waals surface area contributed by atoms with Gasteiger partial charge in [-0.3, -0.25) is 4.52 Å². The van der Waals surface area contributed by atoms with Crippen LogP contribution in [0.15, 0.2) is 41.4 Å². The van der Waals surface area contributed by atoms with Crippen LogP contribution < -0.4 is 14.4 Å². The molecule has 1 heterocycles. The molecule has 0 radical (unpaired) electrons. The number of hydrogen-bond donors (Lipinski definition) is 2. The SMILES string of the molecule is CCCCCCCCCCCCCCCCCCNC(=O)OCC(COP(O)Oc1ccccc1C[n+]1ccsc1)OCC. The fraction of sp³-hybridized carbons (Fsp3) is 0.706. The van der Waals surface area contributed by atoms with Crippen LogP contribution in [-0.4, -0.2) is 43.5 Å². The maximum Gasteiger partial charge on any atom is 0.407 e. The highest BCUT2D eigenvalue weighted by molar-refractivity contribution is 7.41. The van der Waals surface area contributed by atoms with E-state index in [-0.39, 0.29) is 13.2 Å². The van der Waals surface area contributed by atoms with E-state index < -0.39 is 20.8 Å². The molecule has 1 aromatic heterocycles. The van der Waals surface area contributed by atoms with Gasteiger partial charge >= 0.3 is 14.7 Å². The molecule has 0 aliphatic rings. The van der Waals surface area contributed by atoms with E-state index in [2.05, 4.69) is 12.2 Å². The van der Waals surface area contributed by atoms with Crippen LogP contribution >= 0.6 is 19.9 Å². The van der Waals surface area contributed by atoms with Gasteiger partial charge in [-0.05, 0) is 25.5 Å². The average Bonchev–Trinajstić information content (AvgIpc) is 3.54. The van der Waals surface area contributed by atoms with Crippen molar-refractivity contribution in [3.63, 3.8) is 0 Å². The van der Waals surface area contributed by atoms with Gasteiger partial charge in [0.1, 0.15) is 18.5 Å². The summed E-state index contributed by atoms with van der Waals surface area (Å²) in [5, 5.41) is 4.83. The lowest BCUT2D eigenvalue weighted by atomic mass is 10.0. The fourth-order valence-electron chi connectivity index (χ4n) is 4.99. The second kappa shape index (κ2) is 26.4. The highest BCUT2D eigenvalue weighted by atomic mass is 32.1. The zero-order chi connectivity index (χ0) is 31.5. The van der Waals surface area contributed by atoms with Gasteiger partial charge in [-0.15, -0.1) is 0 Å². The Bertz CT molecular complexity index is 952. The van der Waals surface area contributed by atoms with Crippen molar-refractivity contribution in [2.75, 3.05) is 26.4 Å². The topological polar surface area (TPSA) is 90.1 Å². The van der Waals surface area contributed by atoms with Crippen molar-refractivity contribution in [3.05, 3.63) is 46.9 Å². The van der Waals surface area contributed by atoms with E-state index in [4.69, 9.17) is 18.5 Å². The lowest BCUT2D eigenvalue weighted by Gasteiger charge is -2.19. The van der Waals surface area contributed by atoms with Gasteiger partial charge in [-0.1, -0.05) is 127 Å². The molecule has 2 aromatic rings. The Balaban J connectivity index is 1.46. The van der Waals surface area contributed by atoms with Crippen molar-refractivity contribution >= 4 is 26.0 Å². The average molecular weight is 654 g/mol. The van der Waals surface area contributed by atoms with Gasteiger partial charge in [-0.25, -0.2) is 4.79 Å². The molecular weight excluding hydrogens is 595 g/mol. The molecular formula is C34H58N2O6PS+. The Morgan fingerprint density at radius 2 is 1.50 bits per heavy atom. The zero-order valence-electron chi connectivity index (χ0n) is 27.3. The number of carbonyl (C=O) groups is 1. The summed E-state index contributed by atoms with van der Waals surface area (Å²) in [6, 6.07) is 7.56. The first-order valence-electron chi connectivity index (χ1n) is 16.9. The molecule has 10 heteroatoms. The van der Waals surface area contributed by atoms with E-state index in [9.17, 15) is 9.69 Å². The van der Waals surface area contributed by atoms with Crippen LogP contribution in [-0.2, 0) is 20.5 Å². The monoisotopic (exact) mass is 653 g/mol. The van der Waals surface area contributed by atoms with Crippen LogP contribution in [0.5, 0.6) is 5.75 Å². The van der Waals surface area contributed by atoms with E-state index in [0.29, 0.717) is 25.4 Å². The molecule has 0 spiro atoms. The normalized spacial score (nSPS) is 12.6. The van der Waals surface area contributed by atoms with E-state index in [1.807, 2.05) is 52.8 Å². The van der Waals surface area contributed by atoms with Gasteiger partial charge in [0.05, 0.1) is 17.6 Å². The summed E-state index contributed by atoms with van der Waals surface area (Å²) in [6.07, 6.45) is 22.2. The number of benzene rings is 1. The van der Waals surface area contributed by atoms with Crippen LogP contribution in [0.2, 0.25) is 0 Å². The van der Waals surface area contributed by atoms with Crippen molar-refractivity contribution in [1.29, 1.82) is 0 Å². The number of alkyl carbamates (subject to hydrolysis) is 1. The zero-order valence-corrected chi connectivity index (χ0v) is 29.0. The molecule has 2 atom stereocenters. The fourth-order valence-corrected chi connectivity index (χ4v) is 6.28. The molecule has 0 saturated carbocycles. The second-order valence-corrected chi connectivity index (χ2v) is 13.0. The van der Waals surface area contributed by atoms with E-state index >= 15 is 0 Å². The maximum absolute atomic E-state index is 12.2. The first kappa shape index (κ1) is 38.4. The molecule has 1 aromatic carbocycles. The van der Waals surface area contributed by atoms with Crippen molar-refractivity contribution < 1.29 is 32.8 Å². The summed E-state index contributed by atoms with van der Waals surface area (Å²) in [6.45, 7) is 5.89. The predicted octanol–water partition coefficient (Wildman–Crippen LogP) is 9.09. The van der Waals surface area contributed by atoms with E-state index in [0.717, 1.165) is 18.4 Å². The number of ether oxygens (including phenoxy) is 2. The number of rotatable bonds is 28. The molecule has 8 nitrogen and oxygen atoms in total. The van der Waals surface area contributed by atoms with E-state index in [1.165, 1.54) is 89.9 Å². The number of unbranched alkanes of at least 4 members (excludes halogenated alkanes) is 15. The highest BCUT2D eigenvalue weighted by Crippen LogP contribution is 2.36. The third-order valence-corrected chi connectivity index (χ3v) is 8.90. The number of para-hydroxylation sites is 1. The standard InChI is InChI=1S/C34H57N2O6PS/c1-3-5-6-7-8-9-10-11-12-13-14-15-16-17-18-21-24-35-34(37)40-28-32(39-4-2)29-41-43(38)42-33-23-20-19-22-31(33)27-36-25-26-44-30-36/h19-20,22-23,25-26,30,32,38H,3-18,21,24,27-29H2,1-2H3/p+1. The molecule has 2 N–H and O–H groups in total. The molecule has 2 rings (SSSR count). The van der Waals surface area contributed by atoms with Gasteiger partial charge in [0, 0.05) is 13.2 Å². The van der Waals surface area contributed by atoms with Gasteiger partial charge < -0.3 is 24.2 Å². The first-order valence-corrected chi connectivity index (χ1v) is 19.0. The van der Waals surface area contributed by atoms with Crippen molar-refractivity contribution in [1.82, 2.24) is 5.32 Å². The van der Waals surface area contributed by atoms with Gasteiger partial charge in [-0.2, -0.15) is 4.57 Å². The summed E-state index contributed by atoms with van der Waals surface area (Å²) < 4.78 is 24.3. The quantitative estimate of drug-likeness (QED) is 0.0541. The highest BCUT2D eigenvalue weighted by Gasteiger charge is 2.19. The number of hydrogen-bond acceptors (Lipinski definition) is 7. The molecule has 44 heavy (non-hydrogen) atoms. The molecule has 0 fully saturated rings. The summed E-state index contributed by atoms with van der Waals surface area (Å²) in [7, 11) is -2.18. The minimum atomic E-state index is -2.18. The molecule has 0 saturated heterocycles. The molecule has 0 aliphatic carbocycles. The minimum Gasteiger partial charge on any atom is -0.447 e. The number of amides is 1. The Hall–Kier alpha value is -1.77. The summed E-state index contributed by atoms with van der Waals surface area (Å²) in [4.78, 5) is 22.6. The minimum absolute atomic E-state index is 0.0349. The smallest absolute Gasteiger partial charge is 0.407 e. The Kier molecular flexibility index (Phi) is 23.1. The predicted molar refractivity (Wildman–Crippen MR) is 180 cm³/mol. The lowest BCUT2D eigenvalue weighted by molar-refractivity contribution is -0.683. The van der Waals surface area contributed by atoms with Gasteiger partial charge in [0.2, 0.25) is 5.51 Å². The Labute approximate surface area is 271 Å². The number of carbonyl (C=O) groups excluding carboxylic acids is 1. The number of thiazole rings is 1. The van der Waals surface area contributed by atoms with Crippen molar-refractivity contribution in [2.45, 2.75) is 129 Å². The summed E-state index contributed by atoms with van der Waals surface area (Å²) in [5.41, 5.74) is 2.95. The number of aromatic nitrogens is 1. The second-order valence-electron chi connectivity index (χ2n) is 11.3. The largest absolute Gasteiger partial charge is 0.447 e. The first-order chi connectivity index (χ1) is 21.6. The van der Waals surface area contributed by atoms with Crippen LogP contribution in [0.25, 0.3) is 0 Å². The number of nitrogens with zero attached hydrogens (tertiary/aromatic N) is 1. The third-order valence-electron chi connectivity index (χ3n) is 7.50. The van der Waals surface area contributed by atoms with Crippen molar-refractivity contribution in [2.24, 2.45) is 0 Å². The van der Waals surface area contributed by atoms with Crippen LogP contribution in [0.4, 0.5) is 4.79 Å². The number of nitrogens with one attached hydrogen (secondary N) is 1. The molecule has 2 unspecified atom stereocenters. The van der Waals surface area contributed by atoms with E-state index in [1.54, 1.807) is 11.3 Å². The molecule has 0 aliphatic heterocycles. The lowest BCUT2D eigenvalue weighted by Crippen LogP contribution is -2.32. The Morgan fingerprint density at radius 3 is 2.09 bits per heavy atom. The molecule has 0 bridgehead atoms. The maximum atomic E-state index is 12.2.